The minimum atomic E-state index is -1.10. The van der Waals surface area contributed by atoms with Crippen LogP contribution in [0.1, 0.15) is 59.3 Å². The van der Waals surface area contributed by atoms with Crippen molar-refractivity contribution in [1.82, 2.24) is 0 Å². The zero-order valence-electron chi connectivity index (χ0n) is 16.6. The van der Waals surface area contributed by atoms with Crippen molar-refractivity contribution >= 4 is 23.9 Å². The van der Waals surface area contributed by atoms with Gasteiger partial charge in [0, 0.05) is 31.4 Å². The molecule has 9 nitrogen and oxygen atoms in total. The van der Waals surface area contributed by atoms with Crippen molar-refractivity contribution in [3.8, 4) is 6.07 Å². The number of carbonyl (C=O) groups is 4. The molecule has 0 bridgehead atoms. The van der Waals surface area contributed by atoms with E-state index in [1.807, 2.05) is 20.8 Å². The molecule has 0 aromatic rings. The molecule has 0 amide bonds. The molecule has 0 radical (unpaired) electrons. The summed E-state index contributed by atoms with van der Waals surface area (Å²) in [6, 6.07) is 1.54. The van der Waals surface area contributed by atoms with Gasteiger partial charge in [-0.3, -0.25) is 14.4 Å². The van der Waals surface area contributed by atoms with Gasteiger partial charge in [0.25, 0.3) is 0 Å². The third kappa shape index (κ3) is 19.4. The van der Waals surface area contributed by atoms with Crippen LogP contribution in [-0.4, -0.2) is 48.3 Å². The van der Waals surface area contributed by atoms with Gasteiger partial charge in [0.05, 0.1) is 6.07 Å². The van der Waals surface area contributed by atoms with Crippen LogP contribution in [0.25, 0.3) is 0 Å². The summed E-state index contributed by atoms with van der Waals surface area (Å²) in [7, 11) is 0. The number of hydrogen-bond donors (Lipinski definition) is 1. The fourth-order valence-electron chi connectivity index (χ4n) is 1.60. The number of rotatable bonds is 12. The number of nitriles is 1. The number of carboxylic acids is 1. The van der Waals surface area contributed by atoms with E-state index in [0.29, 0.717) is 32.1 Å². The number of allylic oxidation sites excluding steroid dienone is 1. The van der Waals surface area contributed by atoms with Gasteiger partial charge >= 0.3 is 23.9 Å². The molecule has 28 heavy (non-hydrogen) atoms. The predicted molar refractivity (Wildman–Crippen MR) is 98.9 cm³/mol. The van der Waals surface area contributed by atoms with E-state index < -0.39 is 12.1 Å². The van der Waals surface area contributed by atoms with E-state index in [-0.39, 0.29) is 37.5 Å². The molecule has 0 atom stereocenters. The summed E-state index contributed by atoms with van der Waals surface area (Å²) in [6.45, 7) is 5.42. The summed E-state index contributed by atoms with van der Waals surface area (Å²) in [6.07, 6.45) is 3.87. The van der Waals surface area contributed by atoms with Crippen LogP contribution in [0.2, 0.25) is 0 Å². The first-order valence-electron chi connectivity index (χ1n) is 9.10. The highest BCUT2D eigenvalue weighted by atomic mass is 16.6. The second kappa shape index (κ2) is 18.9. The lowest BCUT2D eigenvalue weighted by Gasteiger charge is -2.18. The van der Waals surface area contributed by atoms with E-state index in [2.05, 4.69) is 0 Å². The minimum Gasteiger partial charge on any atom is -0.478 e. The van der Waals surface area contributed by atoms with Crippen molar-refractivity contribution in [2.24, 2.45) is 0 Å². The number of aliphatic carboxylic acids is 1. The smallest absolute Gasteiger partial charge is 0.329 e. The maximum Gasteiger partial charge on any atom is 0.329 e. The molecule has 0 saturated heterocycles. The van der Waals surface area contributed by atoms with Crippen LogP contribution < -0.4 is 0 Å². The average Bonchev–Trinajstić information content (AvgIpc) is 2.63. The largest absolute Gasteiger partial charge is 0.478 e. The topological polar surface area (TPSA) is 140 Å². The SMILES string of the molecule is CCCC(=O)OCC(COC(=O)CCC)OC(=O)CCC.N#CC=CC(=O)O. The molecule has 1 N–H and O–H groups in total. The van der Waals surface area contributed by atoms with Gasteiger partial charge in [0.1, 0.15) is 13.2 Å². The molecule has 0 aliphatic carbocycles. The number of carbonyl (C=O) groups excluding carboxylic acids is 3. The van der Waals surface area contributed by atoms with Crippen LogP contribution in [-0.2, 0) is 33.4 Å². The third-order valence-electron chi connectivity index (χ3n) is 2.82. The van der Waals surface area contributed by atoms with Gasteiger partial charge in [-0.2, -0.15) is 5.26 Å². The molecule has 0 rings (SSSR count). The summed E-state index contributed by atoms with van der Waals surface area (Å²) in [5.41, 5.74) is 0. The number of ether oxygens (including phenoxy) is 3. The molecule has 0 heterocycles. The lowest BCUT2D eigenvalue weighted by atomic mass is 10.3. The number of hydrogen-bond acceptors (Lipinski definition) is 8. The molecular weight excluding hydrogens is 370 g/mol. The van der Waals surface area contributed by atoms with Crippen molar-refractivity contribution in [3.05, 3.63) is 12.2 Å². The predicted octanol–water partition coefficient (Wildman–Crippen LogP) is 2.54. The van der Waals surface area contributed by atoms with Crippen molar-refractivity contribution < 1.29 is 38.5 Å². The van der Waals surface area contributed by atoms with Crippen LogP contribution in [0.3, 0.4) is 0 Å². The zero-order chi connectivity index (χ0) is 21.8. The van der Waals surface area contributed by atoms with E-state index >= 15 is 0 Å². The Morgan fingerprint density at radius 2 is 1.32 bits per heavy atom. The molecule has 0 spiro atoms. The maximum absolute atomic E-state index is 11.5. The quantitative estimate of drug-likeness (QED) is 0.227. The summed E-state index contributed by atoms with van der Waals surface area (Å²) in [5.74, 6) is -2.19. The summed E-state index contributed by atoms with van der Waals surface area (Å²) < 4.78 is 15.2. The zero-order valence-corrected chi connectivity index (χ0v) is 16.6. The van der Waals surface area contributed by atoms with Crippen LogP contribution in [0.5, 0.6) is 0 Å². The van der Waals surface area contributed by atoms with Crippen LogP contribution >= 0.6 is 0 Å². The normalized spacial score (nSPS) is 9.82. The number of esters is 3. The summed E-state index contributed by atoms with van der Waals surface area (Å²) >= 11 is 0. The molecule has 0 fully saturated rings. The van der Waals surface area contributed by atoms with Gasteiger partial charge in [-0.15, -0.1) is 0 Å². The van der Waals surface area contributed by atoms with Crippen LogP contribution in [0, 0.1) is 11.3 Å². The van der Waals surface area contributed by atoms with Crippen molar-refractivity contribution in [1.29, 1.82) is 5.26 Å². The van der Waals surface area contributed by atoms with E-state index in [4.69, 9.17) is 24.6 Å². The first-order chi connectivity index (χ1) is 13.3. The Labute approximate surface area is 165 Å². The maximum atomic E-state index is 11.5. The van der Waals surface area contributed by atoms with Gasteiger partial charge in [-0.25, -0.2) is 4.79 Å². The van der Waals surface area contributed by atoms with E-state index in [1.54, 1.807) is 0 Å². The van der Waals surface area contributed by atoms with Crippen molar-refractivity contribution in [3.63, 3.8) is 0 Å². The highest BCUT2D eigenvalue weighted by Crippen LogP contribution is 2.03. The molecule has 0 aliphatic rings. The van der Waals surface area contributed by atoms with Gasteiger partial charge < -0.3 is 19.3 Å². The number of carboxylic acid groups (broad SMARTS) is 1. The molecule has 0 aromatic heterocycles. The second-order valence-electron chi connectivity index (χ2n) is 5.53. The Bertz CT molecular complexity index is 529. The standard InChI is InChI=1S/C15H26O6.C4H3NO2/c1-4-7-13(16)19-10-12(21-15(18)9-6-3)11-20-14(17)8-5-2;5-3-1-2-4(6)7/h12H,4-11H2,1-3H3;1-2H,(H,6,7). The Morgan fingerprint density at radius 3 is 1.64 bits per heavy atom. The van der Waals surface area contributed by atoms with E-state index in [9.17, 15) is 19.2 Å². The fourth-order valence-corrected chi connectivity index (χ4v) is 1.60. The Hall–Kier alpha value is -2.89. The average molecular weight is 399 g/mol. The van der Waals surface area contributed by atoms with Gasteiger partial charge in [-0.1, -0.05) is 20.8 Å². The second-order valence-corrected chi connectivity index (χ2v) is 5.53. The fraction of sp³-hybridized carbons (Fsp3) is 0.632. The van der Waals surface area contributed by atoms with Gasteiger partial charge in [0.15, 0.2) is 6.10 Å². The monoisotopic (exact) mass is 399 g/mol. The molecule has 0 aliphatic heterocycles. The first kappa shape index (κ1) is 27.3. The molecule has 158 valence electrons. The van der Waals surface area contributed by atoms with Gasteiger partial charge in [-0.05, 0) is 19.3 Å². The summed E-state index contributed by atoms with van der Waals surface area (Å²) in [5, 5.41) is 15.5. The van der Waals surface area contributed by atoms with Crippen molar-refractivity contribution in [2.75, 3.05) is 13.2 Å². The van der Waals surface area contributed by atoms with Crippen LogP contribution in [0.4, 0.5) is 0 Å². The highest BCUT2D eigenvalue weighted by Gasteiger charge is 2.18. The van der Waals surface area contributed by atoms with E-state index in [0.717, 1.165) is 12.2 Å². The Balaban J connectivity index is 0. The number of nitrogens with zero attached hydrogens (tertiary/aromatic N) is 1. The molecule has 0 unspecified atom stereocenters. The van der Waals surface area contributed by atoms with Crippen LogP contribution in [0.15, 0.2) is 12.2 Å². The summed E-state index contributed by atoms with van der Waals surface area (Å²) in [4.78, 5) is 43.7. The van der Waals surface area contributed by atoms with Gasteiger partial charge in [0.2, 0.25) is 0 Å². The minimum absolute atomic E-state index is 0.0896. The first-order valence-corrected chi connectivity index (χ1v) is 9.10. The molecule has 0 saturated carbocycles. The molecule has 0 aromatic carbocycles. The third-order valence-corrected chi connectivity index (χ3v) is 2.82. The lowest BCUT2D eigenvalue weighted by Crippen LogP contribution is -2.30. The molecule has 9 heteroatoms. The highest BCUT2D eigenvalue weighted by molar-refractivity contribution is 5.80. The lowest BCUT2D eigenvalue weighted by molar-refractivity contribution is -0.166. The van der Waals surface area contributed by atoms with Crippen molar-refractivity contribution in [2.45, 2.75) is 65.4 Å². The molecular formula is C19H29NO8. The van der Waals surface area contributed by atoms with E-state index in [1.165, 1.54) is 6.07 Å². The Kier molecular flexibility index (Phi) is 18.4. The Morgan fingerprint density at radius 1 is 0.893 bits per heavy atom.